The maximum Gasteiger partial charge on any atom is 0.255 e. The van der Waals surface area contributed by atoms with Gasteiger partial charge in [0.1, 0.15) is 18.1 Å². The first-order valence-corrected chi connectivity index (χ1v) is 7.90. The average molecular weight is 325 g/mol. The standard InChI is InChI=1S/C20H23NO3/c1-14(2)13-23-17-9-7-8-16(12-17)20(22)21-18-10-5-6-11-19(18)24-15(3)4/h5-12,15H,1,13H2,2-4H3,(H,21,22). The van der Waals surface area contributed by atoms with Gasteiger partial charge in [-0.25, -0.2) is 0 Å². The Hall–Kier alpha value is -2.75. The minimum Gasteiger partial charge on any atom is -0.489 e. The minimum absolute atomic E-state index is 0.0296. The number of benzene rings is 2. The summed E-state index contributed by atoms with van der Waals surface area (Å²) in [6.07, 6.45) is 0.0296. The molecule has 2 aromatic carbocycles. The second-order valence-corrected chi connectivity index (χ2v) is 5.89. The van der Waals surface area contributed by atoms with Crippen molar-refractivity contribution in [2.45, 2.75) is 26.9 Å². The van der Waals surface area contributed by atoms with Crippen LogP contribution < -0.4 is 14.8 Å². The normalized spacial score (nSPS) is 10.3. The van der Waals surface area contributed by atoms with Gasteiger partial charge < -0.3 is 14.8 Å². The number of nitrogens with one attached hydrogen (secondary N) is 1. The van der Waals surface area contributed by atoms with Gasteiger partial charge in [-0.05, 0) is 56.7 Å². The van der Waals surface area contributed by atoms with Crippen molar-refractivity contribution in [3.63, 3.8) is 0 Å². The monoisotopic (exact) mass is 325 g/mol. The summed E-state index contributed by atoms with van der Waals surface area (Å²) in [5.74, 6) is 1.07. The van der Waals surface area contributed by atoms with E-state index in [0.29, 0.717) is 29.4 Å². The largest absolute Gasteiger partial charge is 0.489 e. The van der Waals surface area contributed by atoms with Crippen molar-refractivity contribution in [2.24, 2.45) is 0 Å². The van der Waals surface area contributed by atoms with E-state index in [2.05, 4.69) is 11.9 Å². The quantitative estimate of drug-likeness (QED) is 0.752. The highest BCUT2D eigenvalue weighted by atomic mass is 16.5. The van der Waals surface area contributed by atoms with Crippen LogP contribution in [-0.2, 0) is 0 Å². The molecule has 0 spiro atoms. The van der Waals surface area contributed by atoms with Crippen LogP contribution in [0.4, 0.5) is 5.69 Å². The maximum atomic E-state index is 12.5. The maximum absolute atomic E-state index is 12.5. The number of carbonyl (C=O) groups excluding carboxylic acids is 1. The number of ether oxygens (including phenoxy) is 2. The topological polar surface area (TPSA) is 47.6 Å². The lowest BCUT2D eigenvalue weighted by atomic mass is 10.2. The molecule has 0 aliphatic heterocycles. The number of hydrogen-bond donors (Lipinski definition) is 1. The third-order valence-electron chi connectivity index (χ3n) is 3.08. The van der Waals surface area contributed by atoms with Crippen LogP contribution in [0.5, 0.6) is 11.5 Å². The number of amides is 1. The Morgan fingerprint density at radius 1 is 1.17 bits per heavy atom. The zero-order chi connectivity index (χ0) is 17.5. The van der Waals surface area contributed by atoms with Gasteiger partial charge in [0.05, 0.1) is 11.8 Å². The summed E-state index contributed by atoms with van der Waals surface area (Å²) >= 11 is 0. The minimum atomic E-state index is -0.212. The lowest BCUT2D eigenvalue weighted by Gasteiger charge is -2.15. The van der Waals surface area contributed by atoms with E-state index >= 15 is 0 Å². The van der Waals surface area contributed by atoms with Gasteiger partial charge in [0.15, 0.2) is 0 Å². The van der Waals surface area contributed by atoms with E-state index in [9.17, 15) is 4.79 Å². The lowest BCUT2D eigenvalue weighted by molar-refractivity contribution is 0.102. The summed E-state index contributed by atoms with van der Waals surface area (Å²) in [4.78, 5) is 12.5. The van der Waals surface area contributed by atoms with Gasteiger partial charge in [0, 0.05) is 5.56 Å². The smallest absolute Gasteiger partial charge is 0.255 e. The van der Waals surface area contributed by atoms with Crippen molar-refractivity contribution in [1.82, 2.24) is 0 Å². The molecule has 0 bridgehead atoms. The highest BCUT2D eigenvalue weighted by molar-refractivity contribution is 6.05. The van der Waals surface area contributed by atoms with Gasteiger partial charge in [-0.15, -0.1) is 0 Å². The molecule has 0 saturated heterocycles. The molecule has 0 aliphatic rings. The number of hydrogen-bond acceptors (Lipinski definition) is 3. The predicted octanol–water partition coefficient (Wildman–Crippen LogP) is 4.68. The SMILES string of the molecule is C=C(C)COc1cccc(C(=O)Nc2ccccc2OC(C)C)c1. The highest BCUT2D eigenvalue weighted by Gasteiger charge is 2.11. The number of carbonyl (C=O) groups is 1. The van der Waals surface area contributed by atoms with Crippen LogP contribution in [0, 0.1) is 0 Å². The van der Waals surface area contributed by atoms with Gasteiger partial charge in [0.2, 0.25) is 0 Å². The second-order valence-electron chi connectivity index (χ2n) is 5.89. The number of anilines is 1. The molecule has 4 nitrogen and oxygen atoms in total. The van der Waals surface area contributed by atoms with Crippen molar-refractivity contribution in [1.29, 1.82) is 0 Å². The molecule has 4 heteroatoms. The Kier molecular flexibility index (Phi) is 6.01. The van der Waals surface area contributed by atoms with Gasteiger partial charge in [-0.2, -0.15) is 0 Å². The Bertz CT molecular complexity index is 722. The van der Waals surface area contributed by atoms with Gasteiger partial charge >= 0.3 is 0 Å². The van der Waals surface area contributed by atoms with E-state index in [0.717, 1.165) is 5.57 Å². The van der Waals surface area contributed by atoms with Crippen LogP contribution >= 0.6 is 0 Å². The molecule has 0 aliphatic carbocycles. The second kappa shape index (κ2) is 8.20. The van der Waals surface area contributed by atoms with E-state index in [4.69, 9.17) is 9.47 Å². The zero-order valence-electron chi connectivity index (χ0n) is 14.3. The fourth-order valence-electron chi connectivity index (χ4n) is 2.05. The van der Waals surface area contributed by atoms with Crippen LogP contribution in [-0.4, -0.2) is 18.6 Å². The molecule has 0 saturated carbocycles. The van der Waals surface area contributed by atoms with Crippen LogP contribution in [0.15, 0.2) is 60.7 Å². The third-order valence-corrected chi connectivity index (χ3v) is 3.08. The Morgan fingerprint density at radius 3 is 2.62 bits per heavy atom. The number of para-hydroxylation sites is 2. The number of rotatable bonds is 7. The molecule has 24 heavy (non-hydrogen) atoms. The Morgan fingerprint density at radius 2 is 1.92 bits per heavy atom. The molecule has 0 fully saturated rings. The van der Waals surface area contributed by atoms with Crippen LogP contribution in [0.25, 0.3) is 0 Å². The predicted molar refractivity (Wildman–Crippen MR) is 96.9 cm³/mol. The first-order chi connectivity index (χ1) is 11.5. The molecule has 0 atom stereocenters. The lowest BCUT2D eigenvalue weighted by Crippen LogP contribution is -2.14. The van der Waals surface area contributed by atoms with Crippen molar-refractivity contribution in [2.75, 3.05) is 11.9 Å². The van der Waals surface area contributed by atoms with Crippen molar-refractivity contribution >= 4 is 11.6 Å². The van der Waals surface area contributed by atoms with Crippen LogP contribution in [0.1, 0.15) is 31.1 Å². The van der Waals surface area contributed by atoms with Gasteiger partial charge in [-0.1, -0.05) is 24.8 Å². The van der Waals surface area contributed by atoms with E-state index in [1.54, 1.807) is 18.2 Å². The molecule has 1 N–H and O–H groups in total. The summed E-state index contributed by atoms with van der Waals surface area (Å²) in [6, 6.07) is 14.4. The third kappa shape index (κ3) is 5.16. The van der Waals surface area contributed by atoms with Crippen molar-refractivity contribution in [3.05, 3.63) is 66.2 Å². The van der Waals surface area contributed by atoms with E-state index in [1.165, 1.54) is 0 Å². The first kappa shape index (κ1) is 17.6. The fourth-order valence-corrected chi connectivity index (χ4v) is 2.05. The van der Waals surface area contributed by atoms with E-state index in [1.807, 2.05) is 51.1 Å². The molecular formula is C20H23NO3. The molecule has 0 unspecified atom stereocenters. The molecule has 1 amide bonds. The Labute approximate surface area is 143 Å². The zero-order valence-corrected chi connectivity index (χ0v) is 14.3. The summed E-state index contributed by atoms with van der Waals surface area (Å²) in [5, 5.41) is 2.89. The van der Waals surface area contributed by atoms with Crippen LogP contribution in [0.2, 0.25) is 0 Å². The molecule has 0 heterocycles. The summed E-state index contributed by atoms with van der Waals surface area (Å²) in [6.45, 7) is 10.0. The highest BCUT2D eigenvalue weighted by Crippen LogP contribution is 2.26. The van der Waals surface area contributed by atoms with Gasteiger partial charge in [0.25, 0.3) is 5.91 Å². The summed E-state index contributed by atoms with van der Waals surface area (Å²) in [5.41, 5.74) is 2.09. The Balaban J connectivity index is 2.13. The van der Waals surface area contributed by atoms with E-state index < -0.39 is 0 Å². The molecule has 0 radical (unpaired) electrons. The summed E-state index contributed by atoms with van der Waals surface area (Å²) in [7, 11) is 0. The molecule has 0 aromatic heterocycles. The molecule has 2 rings (SSSR count). The van der Waals surface area contributed by atoms with Gasteiger partial charge in [-0.3, -0.25) is 4.79 Å². The van der Waals surface area contributed by atoms with Crippen molar-refractivity contribution in [3.8, 4) is 11.5 Å². The molecule has 2 aromatic rings. The average Bonchev–Trinajstić information content (AvgIpc) is 2.54. The van der Waals surface area contributed by atoms with Crippen LogP contribution in [0.3, 0.4) is 0 Å². The first-order valence-electron chi connectivity index (χ1n) is 7.90. The summed E-state index contributed by atoms with van der Waals surface area (Å²) < 4.78 is 11.3. The van der Waals surface area contributed by atoms with E-state index in [-0.39, 0.29) is 12.0 Å². The van der Waals surface area contributed by atoms with Crippen molar-refractivity contribution < 1.29 is 14.3 Å². The molecular weight excluding hydrogens is 302 g/mol. The molecule has 126 valence electrons. The fraction of sp³-hybridized carbons (Fsp3) is 0.250.